The number of sulfone groups is 1. The largest absolute Gasteiger partial charge is 0.398 e. The number of hydrogen-bond acceptors (Lipinski definition) is 3. The van der Waals surface area contributed by atoms with Crippen LogP contribution in [0.25, 0.3) is 0 Å². The van der Waals surface area contributed by atoms with Crippen LogP contribution >= 0.6 is 0 Å². The van der Waals surface area contributed by atoms with Gasteiger partial charge in [-0.1, -0.05) is 35.9 Å². The molecule has 0 heterocycles. The van der Waals surface area contributed by atoms with Gasteiger partial charge in [-0.25, -0.2) is 8.42 Å². The number of para-hydroxylation sites is 1. The average Bonchev–Trinajstić information content (AvgIpc) is 2.34. The van der Waals surface area contributed by atoms with Crippen molar-refractivity contribution in [2.45, 2.75) is 24.5 Å². The van der Waals surface area contributed by atoms with Gasteiger partial charge in [-0.15, -0.1) is 0 Å². The zero-order valence-corrected chi connectivity index (χ0v) is 11.9. The molecule has 2 aromatic rings. The van der Waals surface area contributed by atoms with Crippen LogP contribution in [0.2, 0.25) is 0 Å². The fourth-order valence-corrected chi connectivity index (χ4v) is 3.59. The van der Waals surface area contributed by atoms with Crippen molar-refractivity contribution in [3.8, 4) is 0 Å². The maximum atomic E-state index is 12.4. The minimum Gasteiger partial charge on any atom is -0.398 e. The Labute approximate surface area is 114 Å². The van der Waals surface area contributed by atoms with Crippen LogP contribution in [0.4, 0.5) is 5.69 Å². The Morgan fingerprint density at radius 3 is 2.42 bits per heavy atom. The van der Waals surface area contributed by atoms with E-state index in [0.717, 1.165) is 16.7 Å². The molecule has 0 unspecified atom stereocenters. The summed E-state index contributed by atoms with van der Waals surface area (Å²) in [5.41, 5.74) is 8.90. The lowest BCUT2D eigenvalue weighted by atomic mass is 10.1. The molecule has 0 fully saturated rings. The van der Waals surface area contributed by atoms with Crippen molar-refractivity contribution in [2.75, 3.05) is 5.73 Å². The summed E-state index contributed by atoms with van der Waals surface area (Å²) < 4.78 is 24.8. The monoisotopic (exact) mass is 275 g/mol. The van der Waals surface area contributed by atoms with E-state index < -0.39 is 9.84 Å². The summed E-state index contributed by atoms with van der Waals surface area (Å²) in [6, 6.07) is 12.4. The first kappa shape index (κ1) is 13.6. The topological polar surface area (TPSA) is 60.2 Å². The summed E-state index contributed by atoms with van der Waals surface area (Å²) in [4.78, 5) is 0.205. The molecule has 0 saturated heterocycles. The van der Waals surface area contributed by atoms with E-state index in [1.165, 1.54) is 0 Å². The van der Waals surface area contributed by atoms with Crippen LogP contribution in [0.5, 0.6) is 0 Å². The Morgan fingerprint density at radius 1 is 1.05 bits per heavy atom. The van der Waals surface area contributed by atoms with Gasteiger partial charge in [0.2, 0.25) is 0 Å². The molecule has 19 heavy (non-hydrogen) atoms. The molecular weight excluding hydrogens is 258 g/mol. The fraction of sp³-hybridized carbons (Fsp3) is 0.200. The number of rotatable bonds is 3. The van der Waals surface area contributed by atoms with E-state index in [9.17, 15) is 8.42 Å². The first-order valence-corrected chi connectivity index (χ1v) is 7.69. The number of nitrogens with two attached hydrogens (primary N) is 1. The molecule has 0 spiro atoms. The predicted octanol–water partition coefficient (Wildman–Crippen LogP) is 2.86. The summed E-state index contributed by atoms with van der Waals surface area (Å²) in [7, 11) is -3.41. The lowest BCUT2D eigenvalue weighted by Crippen LogP contribution is -2.08. The zero-order chi connectivity index (χ0) is 14.0. The van der Waals surface area contributed by atoms with Crippen LogP contribution in [0, 0.1) is 13.8 Å². The summed E-state index contributed by atoms with van der Waals surface area (Å²) in [6.07, 6.45) is 0. The molecule has 0 aliphatic carbocycles. The van der Waals surface area contributed by atoms with Crippen LogP contribution < -0.4 is 5.73 Å². The minimum atomic E-state index is -3.41. The highest BCUT2D eigenvalue weighted by molar-refractivity contribution is 7.90. The van der Waals surface area contributed by atoms with Gasteiger partial charge in [-0.3, -0.25) is 0 Å². The van der Waals surface area contributed by atoms with Gasteiger partial charge in [0, 0.05) is 0 Å². The van der Waals surface area contributed by atoms with E-state index in [1.54, 1.807) is 24.3 Å². The highest BCUT2D eigenvalue weighted by Crippen LogP contribution is 2.23. The SMILES string of the molecule is Cc1ccc(C)c(CS(=O)(=O)c2ccccc2N)c1. The Kier molecular flexibility index (Phi) is 3.62. The first-order chi connectivity index (χ1) is 8.90. The van der Waals surface area contributed by atoms with Gasteiger partial charge in [0.25, 0.3) is 0 Å². The third-order valence-electron chi connectivity index (χ3n) is 3.10. The number of nitrogen functional groups attached to an aromatic ring is 1. The molecule has 2 rings (SSSR count). The molecule has 0 aromatic heterocycles. The number of aryl methyl sites for hydroxylation is 2. The summed E-state index contributed by atoms with van der Waals surface area (Å²) >= 11 is 0. The van der Waals surface area contributed by atoms with Gasteiger partial charge < -0.3 is 5.73 Å². The Balaban J connectivity index is 2.43. The van der Waals surface area contributed by atoms with Crippen LogP contribution in [0.1, 0.15) is 16.7 Å². The second-order valence-electron chi connectivity index (χ2n) is 4.73. The van der Waals surface area contributed by atoms with Gasteiger partial charge in [0.1, 0.15) is 0 Å². The second-order valence-corrected chi connectivity index (χ2v) is 6.68. The third kappa shape index (κ3) is 2.96. The minimum absolute atomic E-state index is 0.0191. The van der Waals surface area contributed by atoms with E-state index in [1.807, 2.05) is 32.0 Å². The standard InChI is InChI=1S/C15H17NO2S/c1-11-7-8-12(2)13(9-11)10-19(17,18)15-6-4-3-5-14(15)16/h3-9H,10,16H2,1-2H3. The Hall–Kier alpha value is -1.81. The molecule has 100 valence electrons. The maximum Gasteiger partial charge on any atom is 0.184 e. The molecule has 0 aliphatic heterocycles. The normalized spacial score (nSPS) is 11.5. The van der Waals surface area contributed by atoms with Gasteiger partial charge >= 0.3 is 0 Å². The van der Waals surface area contributed by atoms with E-state index in [0.29, 0.717) is 5.69 Å². The smallest absolute Gasteiger partial charge is 0.184 e. The molecule has 0 bridgehead atoms. The van der Waals surface area contributed by atoms with Crippen molar-refractivity contribution in [1.82, 2.24) is 0 Å². The summed E-state index contributed by atoms with van der Waals surface area (Å²) in [5.74, 6) is -0.0191. The van der Waals surface area contributed by atoms with Crippen LogP contribution in [-0.4, -0.2) is 8.42 Å². The fourth-order valence-electron chi connectivity index (χ4n) is 2.00. The Morgan fingerprint density at radius 2 is 1.74 bits per heavy atom. The second kappa shape index (κ2) is 5.05. The van der Waals surface area contributed by atoms with E-state index in [-0.39, 0.29) is 10.6 Å². The molecule has 0 amide bonds. The molecule has 0 saturated carbocycles. The first-order valence-electron chi connectivity index (χ1n) is 6.03. The highest BCUT2D eigenvalue weighted by atomic mass is 32.2. The highest BCUT2D eigenvalue weighted by Gasteiger charge is 2.18. The Bertz CT molecular complexity index is 706. The summed E-state index contributed by atoms with van der Waals surface area (Å²) in [5, 5.41) is 0. The molecule has 4 heteroatoms. The van der Waals surface area contributed by atoms with E-state index in [2.05, 4.69) is 0 Å². The van der Waals surface area contributed by atoms with E-state index in [4.69, 9.17) is 5.73 Å². The maximum absolute atomic E-state index is 12.4. The quantitative estimate of drug-likeness (QED) is 0.876. The van der Waals surface area contributed by atoms with Crippen molar-refractivity contribution in [1.29, 1.82) is 0 Å². The van der Waals surface area contributed by atoms with Crippen LogP contribution in [0.3, 0.4) is 0 Å². The molecular formula is C15H17NO2S. The number of benzene rings is 2. The lowest BCUT2D eigenvalue weighted by Gasteiger charge is -2.10. The number of hydrogen-bond donors (Lipinski definition) is 1. The molecule has 2 N–H and O–H groups in total. The van der Waals surface area contributed by atoms with Crippen molar-refractivity contribution < 1.29 is 8.42 Å². The summed E-state index contributed by atoms with van der Waals surface area (Å²) in [6.45, 7) is 3.87. The van der Waals surface area contributed by atoms with Gasteiger partial charge in [0.05, 0.1) is 16.3 Å². The van der Waals surface area contributed by atoms with Crippen molar-refractivity contribution in [2.24, 2.45) is 0 Å². The zero-order valence-electron chi connectivity index (χ0n) is 11.1. The van der Waals surface area contributed by atoms with Crippen LogP contribution in [0.15, 0.2) is 47.4 Å². The molecule has 0 radical (unpaired) electrons. The van der Waals surface area contributed by atoms with Crippen LogP contribution in [-0.2, 0) is 15.6 Å². The number of anilines is 1. The van der Waals surface area contributed by atoms with Crippen molar-refractivity contribution in [3.63, 3.8) is 0 Å². The van der Waals surface area contributed by atoms with E-state index >= 15 is 0 Å². The van der Waals surface area contributed by atoms with Crippen molar-refractivity contribution in [3.05, 3.63) is 59.2 Å². The molecule has 0 atom stereocenters. The average molecular weight is 275 g/mol. The van der Waals surface area contributed by atoms with Gasteiger partial charge in [0.15, 0.2) is 9.84 Å². The third-order valence-corrected chi connectivity index (χ3v) is 4.84. The predicted molar refractivity (Wildman–Crippen MR) is 77.7 cm³/mol. The van der Waals surface area contributed by atoms with Crippen molar-refractivity contribution >= 4 is 15.5 Å². The van der Waals surface area contributed by atoms with Gasteiger partial charge in [-0.2, -0.15) is 0 Å². The molecule has 0 aliphatic rings. The van der Waals surface area contributed by atoms with Gasteiger partial charge in [-0.05, 0) is 37.1 Å². The molecule has 3 nitrogen and oxygen atoms in total. The lowest BCUT2D eigenvalue weighted by molar-refractivity contribution is 0.595. The molecule has 2 aromatic carbocycles.